The first-order valence-electron chi connectivity index (χ1n) is 6.22. The molecular formula is C14H9F4N3O. The Hall–Kier alpha value is -2.64. The van der Waals surface area contributed by atoms with E-state index in [4.69, 9.17) is 0 Å². The van der Waals surface area contributed by atoms with Crippen LogP contribution in [0.2, 0.25) is 0 Å². The quantitative estimate of drug-likeness (QED) is 0.648. The molecule has 0 saturated carbocycles. The number of fused-ring (bicyclic) bond motifs is 1. The molecule has 0 N–H and O–H groups in total. The minimum absolute atomic E-state index is 0.152. The minimum atomic E-state index is -4.72. The largest absolute Gasteiger partial charge is 0.432 e. The Morgan fingerprint density at radius 3 is 2.55 bits per heavy atom. The minimum Gasteiger partial charge on any atom is -0.280 e. The van der Waals surface area contributed by atoms with Crippen molar-refractivity contribution in [1.29, 1.82) is 0 Å². The summed E-state index contributed by atoms with van der Waals surface area (Å²) in [6.07, 6.45) is -2.53. The van der Waals surface area contributed by atoms with Gasteiger partial charge in [-0.1, -0.05) is 6.07 Å². The monoisotopic (exact) mass is 311 g/mol. The number of rotatable bonds is 1. The maximum atomic E-state index is 14.1. The summed E-state index contributed by atoms with van der Waals surface area (Å²) in [5.41, 5.74) is -1.69. The molecule has 0 aliphatic carbocycles. The summed E-state index contributed by atoms with van der Waals surface area (Å²) in [4.78, 5) is 15.8. The molecule has 0 unspecified atom stereocenters. The van der Waals surface area contributed by atoms with E-state index in [1.54, 1.807) is 13.0 Å². The standard InChI is InChI=1S/C14H9F4N3O/c1-8-2-3-10(9(15)6-8)21-12(22)7-11(14(16,17)18)20-5-4-19-13(20)21/h2-7H,1H3. The average molecular weight is 311 g/mol. The van der Waals surface area contributed by atoms with Crippen LogP contribution in [-0.2, 0) is 6.18 Å². The van der Waals surface area contributed by atoms with Crippen LogP contribution in [-0.4, -0.2) is 14.0 Å². The van der Waals surface area contributed by atoms with Gasteiger partial charge in [0.2, 0.25) is 5.78 Å². The molecule has 3 rings (SSSR count). The molecule has 3 aromatic rings. The molecule has 0 saturated heterocycles. The molecule has 1 aromatic carbocycles. The van der Waals surface area contributed by atoms with Crippen LogP contribution in [0, 0.1) is 12.7 Å². The molecule has 2 aromatic heterocycles. The lowest BCUT2D eigenvalue weighted by Crippen LogP contribution is -2.26. The second-order valence-corrected chi connectivity index (χ2v) is 4.75. The third-order valence-electron chi connectivity index (χ3n) is 3.20. The van der Waals surface area contributed by atoms with Crippen molar-refractivity contribution in [2.24, 2.45) is 0 Å². The number of benzene rings is 1. The van der Waals surface area contributed by atoms with E-state index in [1.165, 1.54) is 12.1 Å². The molecule has 114 valence electrons. The highest BCUT2D eigenvalue weighted by molar-refractivity contribution is 5.46. The van der Waals surface area contributed by atoms with Crippen LogP contribution >= 0.6 is 0 Å². The van der Waals surface area contributed by atoms with Gasteiger partial charge < -0.3 is 0 Å². The number of nitrogens with zero attached hydrogens (tertiary/aromatic N) is 3. The van der Waals surface area contributed by atoms with Crippen molar-refractivity contribution in [3.05, 3.63) is 64.1 Å². The lowest BCUT2D eigenvalue weighted by atomic mass is 10.2. The fourth-order valence-corrected chi connectivity index (χ4v) is 2.24. The molecule has 8 heteroatoms. The Morgan fingerprint density at radius 1 is 1.18 bits per heavy atom. The first-order chi connectivity index (χ1) is 10.3. The molecule has 0 fully saturated rings. The normalized spacial score (nSPS) is 12.0. The fraction of sp³-hybridized carbons (Fsp3) is 0.143. The Labute approximate surface area is 121 Å². The summed E-state index contributed by atoms with van der Waals surface area (Å²) in [6.45, 7) is 1.66. The van der Waals surface area contributed by atoms with Gasteiger partial charge >= 0.3 is 6.18 Å². The van der Waals surface area contributed by atoms with E-state index < -0.39 is 23.2 Å². The fourth-order valence-electron chi connectivity index (χ4n) is 2.24. The van der Waals surface area contributed by atoms with Crippen LogP contribution in [0.1, 0.15) is 11.3 Å². The summed E-state index contributed by atoms with van der Waals surface area (Å²) in [5.74, 6) is -1.02. The molecule has 0 spiro atoms. The molecule has 22 heavy (non-hydrogen) atoms. The van der Waals surface area contributed by atoms with Gasteiger partial charge in [0.15, 0.2) is 0 Å². The molecule has 0 aliphatic rings. The van der Waals surface area contributed by atoms with E-state index in [9.17, 15) is 22.4 Å². The zero-order chi connectivity index (χ0) is 16.1. The van der Waals surface area contributed by atoms with E-state index in [2.05, 4.69) is 4.98 Å². The van der Waals surface area contributed by atoms with Crippen molar-refractivity contribution in [1.82, 2.24) is 14.0 Å². The number of halogens is 4. The van der Waals surface area contributed by atoms with Gasteiger partial charge in [0.05, 0.1) is 5.69 Å². The van der Waals surface area contributed by atoms with Crippen LogP contribution in [0.15, 0.2) is 41.5 Å². The first-order valence-corrected chi connectivity index (χ1v) is 6.22. The highest BCUT2D eigenvalue weighted by Gasteiger charge is 2.35. The zero-order valence-corrected chi connectivity index (χ0v) is 11.2. The second kappa shape index (κ2) is 4.69. The van der Waals surface area contributed by atoms with E-state index in [0.717, 1.165) is 17.0 Å². The Balaban J connectivity index is 2.40. The van der Waals surface area contributed by atoms with Gasteiger partial charge in [-0.25, -0.2) is 13.9 Å². The summed E-state index contributed by atoms with van der Waals surface area (Å²) in [5, 5.41) is 0. The van der Waals surface area contributed by atoms with Crippen molar-refractivity contribution >= 4 is 5.78 Å². The predicted molar refractivity (Wildman–Crippen MR) is 70.5 cm³/mol. The number of imidazole rings is 1. The molecule has 0 radical (unpaired) electrons. The van der Waals surface area contributed by atoms with Crippen molar-refractivity contribution in [2.45, 2.75) is 13.1 Å². The van der Waals surface area contributed by atoms with E-state index in [1.807, 2.05) is 0 Å². The Kier molecular flexibility index (Phi) is 3.05. The number of aromatic nitrogens is 3. The Morgan fingerprint density at radius 2 is 1.91 bits per heavy atom. The number of hydrogen-bond donors (Lipinski definition) is 0. The maximum absolute atomic E-state index is 14.1. The maximum Gasteiger partial charge on any atom is 0.432 e. The van der Waals surface area contributed by atoms with Gasteiger partial charge in [0.25, 0.3) is 5.56 Å². The van der Waals surface area contributed by atoms with Crippen LogP contribution in [0.25, 0.3) is 11.5 Å². The third kappa shape index (κ3) is 2.16. The summed E-state index contributed by atoms with van der Waals surface area (Å²) in [7, 11) is 0. The molecular weight excluding hydrogens is 302 g/mol. The van der Waals surface area contributed by atoms with Gasteiger partial charge in [-0.2, -0.15) is 13.2 Å². The van der Waals surface area contributed by atoms with Crippen molar-refractivity contribution < 1.29 is 17.6 Å². The van der Waals surface area contributed by atoms with E-state index >= 15 is 0 Å². The van der Waals surface area contributed by atoms with E-state index in [-0.39, 0.29) is 11.5 Å². The second-order valence-electron chi connectivity index (χ2n) is 4.75. The number of alkyl halides is 3. The predicted octanol–water partition coefficient (Wildman–Crippen LogP) is 2.95. The van der Waals surface area contributed by atoms with Crippen LogP contribution in [0.3, 0.4) is 0 Å². The van der Waals surface area contributed by atoms with Crippen molar-refractivity contribution in [3.8, 4) is 5.69 Å². The Bertz CT molecular complexity index is 924. The summed E-state index contributed by atoms with van der Waals surface area (Å²) in [6, 6.07) is 4.50. The smallest absolute Gasteiger partial charge is 0.280 e. The number of hydrogen-bond acceptors (Lipinski definition) is 2. The molecule has 0 bridgehead atoms. The summed E-state index contributed by atoms with van der Waals surface area (Å²) < 4.78 is 54.5. The van der Waals surface area contributed by atoms with Gasteiger partial charge in [0.1, 0.15) is 11.5 Å². The molecule has 0 aliphatic heterocycles. The van der Waals surface area contributed by atoms with Crippen LogP contribution in [0.4, 0.5) is 17.6 Å². The van der Waals surface area contributed by atoms with Gasteiger partial charge in [-0.05, 0) is 24.6 Å². The molecule has 4 nitrogen and oxygen atoms in total. The molecule has 2 heterocycles. The van der Waals surface area contributed by atoms with Crippen molar-refractivity contribution in [3.63, 3.8) is 0 Å². The van der Waals surface area contributed by atoms with Gasteiger partial charge in [-0.3, -0.25) is 9.20 Å². The zero-order valence-electron chi connectivity index (χ0n) is 11.2. The summed E-state index contributed by atoms with van der Waals surface area (Å²) >= 11 is 0. The van der Waals surface area contributed by atoms with Crippen LogP contribution in [0.5, 0.6) is 0 Å². The molecule has 0 atom stereocenters. The van der Waals surface area contributed by atoms with Gasteiger partial charge in [0, 0.05) is 18.5 Å². The van der Waals surface area contributed by atoms with Crippen LogP contribution < -0.4 is 5.56 Å². The highest BCUT2D eigenvalue weighted by atomic mass is 19.4. The topological polar surface area (TPSA) is 39.3 Å². The molecule has 0 amide bonds. The highest BCUT2D eigenvalue weighted by Crippen LogP contribution is 2.29. The lowest BCUT2D eigenvalue weighted by Gasteiger charge is -2.14. The van der Waals surface area contributed by atoms with Gasteiger partial charge in [-0.15, -0.1) is 0 Å². The van der Waals surface area contributed by atoms with Crippen molar-refractivity contribution in [2.75, 3.05) is 0 Å². The lowest BCUT2D eigenvalue weighted by molar-refractivity contribution is -0.142. The number of aryl methyl sites for hydroxylation is 1. The average Bonchev–Trinajstić information content (AvgIpc) is 2.87. The first kappa shape index (κ1) is 14.3. The third-order valence-corrected chi connectivity index (χ3v) is 3.20. The SMILES string of the molecule is Cc1ccc(-n2c(=O)cc(C(F)(F)F)n3ccnc23)c(F)c1. The van der Waals surface area contributed by atoms with E-state index in [0.29, 0.717) is 16.0 Å².